The lowest BCUT2D eigenvalue weighted by Crippen LogP contribution is -2.43. The van der Waals surface area contributed by atoms with Gasteiger partial charge in [-0.25, -0.2) is 9.97 Å². The van der Waals surface area contributed by atoms with Gasteiger partial charge in [-0.2, -0.15) is 0 Å². The zero-order valence-electron chi connectivity index (χ0n) is 17.1. The van der Waals surface area contributed by atoms with Crippen LogP contribution < -0.4 is 21.3 Å². The van der Waals surface area contributed by atoms with Gasteiger partial charge in [0.25, 0.3) is 5.91 Å². The van der Waals surface area contributed by atoms with Crippen LogP contribution in [-0.2, 0) is 0 Å². The fraction of sp³-hybridized carbons (Fsp3) is 0.364. The lowest BCUT2D eigenvalue weighted by molar-refractivity contribution is 0.0924. The fourth-order valence-electron chi connectivity index (χ4n) is 3.65. The molecule has 1 aliphatic heterocycles. The van der Waals surface area contributed by atoms with Crippen LogP contribution in [0.15, 0.2) is 42.7 Å². The Kier molecular flexibility index (Phi) is 6.48. The van der Waals surface area contributed by atoms with Gasteiger partial charge in [0.2, 0.25) is 0 Å². The number of nitrogens with zero attached hydrogens (tertiary/aromatic N) is 3. The van der Waals surface area contributed by atoms with E-state index >= 15 is 0 Å². The molecule has 5 rings (SSSR count). The molecule has 0 aromatic carbocycles. The van der Waals surface area contributed by atoms with E-state index in [-0.39, 0.29) is 24.4 Å². The van der Waals surface area contributed by atoms with Crippen LogP contribution in [0.2, 0.25) is 0 Å². The Morgan fingerprint density at radius 3 is 2.61 bits per heavy atom. The molecule has 1 amide bonds. The topological polar surface area (TPSA) is 104 Å². The van der Waals surface area contributed by atoms with E-state index in [1.54, 1.807) is 12.4 Å². The lowest BCUT2D eigenvalue weighted by atomic mass is 10.1. The van der Waals surface area contributed by atoms with Gasteiger partial charge in [-0.3, -0.25) is 9.78 Å². The molecule has 0 unspecified atom stereocenters. The number of hydrogen-bond acceptors (Lipinski definition) is 7. The van der Waals surface area contributed by atoms with Crippen molar-refractivity contribution in [3.05, 3.63) is 48.4 Å². The van der Waals surface area contributed by atoms with Gasteiger partial charge in [-0.05, 0) is 63.0 Å². The number of aromatic nitrogens is 3. The molecule has 1 saturated heterocycles. The summed E-state index contributed by atoms with van der Waals surface area (Å²) in [5.41, 5.74) is 2.16. The molecular weight excluding hydrogens is 414 g/mol. The van der Waals surface area contributed by atoms with Crippen LogP contribution in [0.4, 0.5) is 17.3 Å². The van der Waals surface area contributed by atoms with Crippen molar-refractivity contribution in [2.75, 3.05) is 23.7 Å². The molecule has 4 N–H and O–H groups in total. The summed E-state index contributed by atoms with van der Waals surface area (Å²) in [5, 5.41) is 14.1. The molecule has 2 aliphatic rings. The van der Waals surface area contributed by atoms with Crippen molar-refractivity contribution in [2.45, 2.75) is 37.8 Å². The number of nitrogens with one attached hydrogen (secondary N) is 4. The van der Waals surface area contributed by atoms with Crippen LogP contribution in [-0.4, -0.2) is 46.0 Å². The van der Waals surface area contributed by atoms with Crippen molar-refractivity contribution in [3.8, 4) is 0 Å². The van der Waals surface area contributed by atoms with Crippen LogP contribution in [0.5, 0.6) is 0 Å². The number of carbonyl (C=O) groups excluding carboxylic acids is 1. The van der Waals surface area contributed by atoms with E-state index in [1.165, 1.54) is 0 Å². The number of carbonyl (C=O) groups is 1. The van der Waals surface area contributed by atoms with Gasteiger partial charge in [-0.1, -0.05) is 0 Å². The van der Waals surface area contributed by atoms with Crippen molar-refractivity contribution >= 4 is 46.5 Å². The molecule has 9 heteroatoms. The SMILES string of the molecule is Cl.O=C(NC1CCNCC1)c1cc(NC2CC2)cc(Nc2ccc3cnccc3n2)n1. The minimum atomic E-state index is -0.137. The quantitative estimate of drug-likeness (QED) is 0.467. The minimum absolute atomic E-state index is 0. The summed E-state index contributed by atoms with van der Waals surface area (Å²) in [6.45, 7) is 1.86. The van der Waals surface area contributed by atoms with Gasteiger partial charge in [0.05, 0.1) is 5.52 Å². The molecule has 1 aliphatic carbocycles. The Bertz CT molecular complexity index is 1070. The second-order valence-electron chi connectivity index (χ2n) is 7.93. The zero-order chi connectivity index (χ0) is 20.3. The molecule has 31 heavy (non-hydrogen) atoms. The van der Waals surface area contributed by atoms with Crippen molar-refractivity contribution in [3.63, 3.8) is 0 Å². The number of anilines is 3. The molecule has 0 atom stereocenters. The summed E-state index contributed by atoms with van der Waals surface area (Å²) in [4.78, 5) is 26.2. The number of hydrogen-bond donors (Lipinski definition) is 4. The van der Waals surface area contributed by atoms with Gasteiger partial charge >= 0.3 is 0 Å². The molecule has 1 saturated carbocycles. The summed E-state index contributed by atoms with van der Waals surface area (Å²) in [6.07, 6.45) is 7.69. The molecule has 0 spiro atoms. The highest BCUT2D eigenvalue weighted by Gasteiger charge is 2.23. The van der Waals surface area contributed by atoms with Crippen LogP contribution in [0, 0.1) is 0 Å². The first-order chi connectivity index (χ1) is 14.7. The number of fused-ring (bicyclic) bond motifs is 1. The van der Waals surface area contributed by atoms with E-state index in [0.717, 1.165) is 55.4 Å². The maximum Gasteiger partial charge on any atom is 0.270 e. The second kappa shape index (κ2) is 9.45. The van der Waals surface area contributed by atoms with Gasteiger partial charge in [0, 0.05) is 41.6 Å². The van der Waals surface area contributed by atoms with Crippen LogP contribution in [0.3, 0.4) is 0 Å². The monoisotopic (exact) mass is 439 g/mol. The summed E-state index contributed by atoms with van der Waals surface area (Å²) < 4.78 is 0. The molecule has 0 radical (unpaired) electrons. The van der Waals surface area contributed by atoms with Gasteiger partial charge in [-0.15, -0.1) is 12.4 Å². The third kappa shape index (κ3) is 5.39. The Morgan fingerprint density at radius 1 is 0.968 bits per heavy atom. The van der Waals surface area contributed by atoms with Crippen molar-refractivity contribution in [2.24, 2.45) is 0 Å². The molecule has 3 aromatic heterocycles. The van der Waals surface area contributed by atoms with Crippen molar-refractivity contribution < 1.29 is 4.79 Å². The fourth-order valence-corrected chi connectivity index (χ4v) is 3.65. The molecule has 162 valence electrons. The first-order valence-corrected chi connectivity index (χ1v) is 10.5. The zero-order valence-corrected chi connectivity index (χ0v) is 17.9. The minimum Gasteiger partial charge on any atom is -0.382 e. The van der Waals surface area contributed by atoms with Crippen LogP contribution in [0.1, 0.15) is 36.2 Å². The first kappa shape index (κ1) is 21.3. The maximum absolute atomic E-state index is 12.9. The first-order valence-electron chi connectivity index (χ1n) is 10.5. The highest BCUT2D eigenvalue weighted by Crippen LogP contribution is 2.27. The highest BCUT2D eigenvalue weighted by atomic mass is 35.5. The van der Waals surface area contributed by atoms with Gasteiger partial charge < -0.3 is 21.3 Å². The number of piperidine rings is 1. The number of amides is 1. The second-order valence-corrected chi connectivity index (χ2v) is 7.93. The lowest BCUT2D eigenvalue weighted by Gasteiger charge is -2.23. The summed E-state index contributed by atoms with van der Waals surface area (Å²) >= 11 is 0. The van der Waals surface area contributed by atoms with Gasteiger partial charge in [0.15, 0.2) is 0 Å². The van der Waals surface area contributed by atoms with Gasteiger partial charge in [0.1, 0.15) is 17.3 Å². The van der Waals surface area contributed by atoms with E-state index in [9.17, 15) is 4.79 Å². The standard InChI is InChI=1S/C22H25N7O.ClH/c30-22(26-16-5-8-23-9-6-16)19-11-17(25-15-2-3-15)12-21(28-19)29-20-4-1-14-13-24-10-7-18(14)27-20;/h1,4,7,10-13,15-16,23H,2-3,5-6,8-9H2,(H,26,30)(H2,25,27,28,29);1H. The third-order valence-corrected chi connectivity index (χ3v) is 5.43. The molecule has 2 fully saturated rings. The Balaban J connectivity index is 0.00000231. The van der Waals surface area contributed by atoms with E-state index in [1.807, 2.05) is 30.3 Å². The Labute approximate surface area is 187 Å². The molecule has 0 bridgehead atoms. The predicted molar refractivity (Wildman–Crippen MR) is 124 cm³/mol. The van der Waals surface area contributed by atoms with E-state index in [0.29, 0.717) is 23.4 Å². The third-order valence-electron chi connectivity index (χ3n) is 5.43. The molecule has 8 nitrogen and oxygen atoms in total. The number of rotatable bonds is 6. The van der Waals surface area contributed by atoms with Crippen molar-refractivity contribution in [1.82, 2.24) is 25.6 Å². The number of pyridine rings is 3. The Hall–Kier alpha value is -2.97. The number of halogens is 1. The summed E-state index contributed by atoms with van der Waals surface area (Å²) in [5.74, 6) is 1.13. The largest absolute Gasteiger partial charge is 0.382 e. The highest BCUT2D eigenvalue weighted by molar-refractivity contribution is 5.94. The molecule has 4 heterocycles. The predicted octanol–water partition coefficient (Wildman–Crippen LogP) is 3.25. The summed E-state index contributed by atoms with van der Waals surface area (Å²) in [7, 11) is 0. The molecular formula is C22H26ClN7O. The average molecular weight is 440 g/mol. The van der Waals surface area contributed by atoms with Crippen LogP contribution >= 0.6 is 12.4 Å². The maximum atomic E-state index is 12.9. The average Bonchev–Trinajstić information content (AvgIpc) is 3.58. The smallest absolute Gasteiger partial charge is 0.270 e. The summed E-state index contributed by atoms with van der Waals surface area (Å²) in [6, 6.07) is 10.2. The van der Waals surface area contributed by atoms with E-state index < -0.39 is 0 Å². The Morgan fingerprint density at radius 2 is 1.81 bits per heavy atom. The van der Waals surface area contributed by atoms with Crippen LogP contribution in [0.25, 0.3) is 10.9 Å². The normalized spacial score (nSPS) is 16.4. The van der Waals surface area contributed by atoms with E-state index in [4.69, 9.17) is 0 Å². The van der Waals surface area contributed by atoms with E-state index in [2.05, 4.69) is 36.2 Å². The van der Waals surface area contributed by atoms with Crippen molar-refractivity contribution in [1.29, 1.82) is 0 Å². The molecule has 3 aromatic rings.